The van der Waals surface area contributed by atoms with Gasteiger partial charge in [0.05, 0.1) is 5.92 Å². The summed E-state index contributed by atoms with van der Waals surface area (Å²) in [4.78, 5) is 24.1. The Hall–Kier alpha value is -2.44. The number of aliphatic carboxylic acids is 1. The van der Waals surface area contributed by atoms with Gasteiger partial charge < -0.3 is 24.8 Å². The van der Waals surface area contributed by atoms with Crippen LogP contribution in [0.2, 0.25) is 0 Å². The van der Waals surface area contributed by atoms with Crippen LogP contribution in [-0.4, -0.2) is 48.8 Å². The first-order valence-corrected chi connectivity index (χ1v) is 6.62. The Bertz CT molecular complexity index is 546. The smallest absolute Gasteiger partial charge is 0.321 e. The standard InChI is InChI=1S/C14H18N2O5/c1-9(13(17)18)8-16(2)14(19)15-10-3-4-11-12(7-10)21-6-5-20-11/h3-4,7,9H,5-6,8H2,1-2H3,(H,15,19)(H,17,18). The molecule has 0 bridgehead atoms. The lowest BCUT2D eigenvalue weighted by Gasteiger charge is -2.21. The average Bonchev–Trinajstić information content (AvgIpc) is 2.46. The zero-order chi connectivity index (χ0) is 15.4. The summed E-state index contributed by atoms with van der Waals surface area (Å²) >= 11 is 0. The number of hydrogen-bond acceptors (Lipinski definition) is 4. The van der Waals surface area contributed by atoms with E-state index < -0.39 is 11.9 Å². The molecule has 1 unspecified atom stereocenters. The molecule has 1 aliphatic rings. The first-order valence-electron chi connectivity index (χ1n) is 6.62. The molecule has 2 amide bonds. The van der Waals surface area contributed by atoms with Crippen LogP contribution < -0.4 is 14.8 Å². The molecule has 1 heterocycles. The van der Waals surface area contributed by atoms with Crippen molar-refractivity contribution < 1.29 is 24.2 Å². The summed E-state index contributed by atoms with van der Waals surface area (Å²) in [6.45, 7) is 2.66. The topological polar surface area (TPSA) is 88.1 Å². The van der Waals surface area contributed by atoms with Crippen LogP contribution in [0.5, 0.6) is 11.5 Å². The predicted octanol–water partition coefficient (Wildman–Crippen LogP) is 1.64. The fraction of sp³-hybridized carbons (Fsp3) is 0.429. The van der Waals surface area contributed by atoms with Gasteiger partial charge in [0, 0.05) is 25.3 Å². The molecule has 1 aliphatic heterocycles. The van der Waals surface area contributed by atoms with Crippen LogP contribution in [0.25, 0.3) is 0 Å². The van der Waals surface area contributed by atoms with E-state index in [4.69, 9.17) is 14.6 Å². The number of ether oxygens (including phenoxy) is 2. The lowest BCUT2D eigenvalue weighted by molar-refractivity contribution is -0.141. The molecule has 0 fully saturated rings. The Labute approximate surface area is 122 Å². The van der Waals surface area contributed by atoms with Gasteiger partial charge in [-0.1, -0.05) is 6.92 Å². The number of fused-ring (bicyclic) bond motifs is 1. The number of urea groups is 1. The van der Waals surface area contributed by atoms with E-state index in [-0.39, 0.29) is 12.6 Å². The second-order valence-electron chi connectivity index (χ2n) is 4.91. The lowest BCUT2D eigenvalue weighted by Crippen LogP contribution is -2.36. The number of benzene rings is 1. The molecule has 1 atom stereocenters. The van der Waals surface area contributed by atoms with Gasteiger partial charge in [-0.25, -0.2) is 4.79 Å². The van der Waals surface area contributed by atoms with Crippen LogP contribution in [0.3, 0.4) is 0 Å². The van der Waals surface area contributed by atoms with Crippen LogP contribution >= 0.6 is 0 Å². The average molecular weight is 294 g/mol. The van der Waals surface area contributed by atoms with Gasteiger partial charge in [0.15, 0.2) is 11.5 Å². The van der Waals surface area contributed by atoms with Crippen molar-refractivity contribution in [2.24, 2.45) is 5.92 Å². The van der Waals surface area contributed by atoms with E-state index in [1.165, 1.54) is 4.90 Å². The number of carboxylic acid groups (broad SMARTS) is 1. The molecule has 0 radical (unpaired) electrons. The summed E-state index contributed by atoms with van der Waals surface area (Å²) in [5.41, 5.74) is 0.569. The van der Waals surface area contributed by atoms with Gasteiger partial charge in [-0.05, 0) is 12.1 Å². The molecular formula is C14H18N2O5. The maximum Gasteiger partial charge on any atom is 0.321 e. The highest BCUT2D eigenvalue weighted by atomic mass is 16.6. The van der Waals surface area contributed by atoms with Gasteiger partial charge >= 0.3 is 12.0 Å². The molecule has 1 aromatic rings. The second kappa shape index (κ2) is 6.34. The van der Waals surface area contributed by atoms with E-state index in [1.54, 1.807) is 32.2 Å². The molecule has 7 heteroatoms. The van der Waals surface area contributed by atoms with E-state index in [9.17, 15) is 9.59 Å². The van der Waals surface area contributed by atoms with Crippen molar-refractivity contribution in [2.45, 2.75) is 6.92 Å². The Morgan fingerprint density at radius 3 is 2.67 bits per heavy atom. The summed E-state index contributed by atoms with van der Waals surface area (Å²) in [5.74, 6) is -0.331. The molecular weight excluding hydrogens is 276 g/mol. The normalized spacial score (nSPS) is 14.2. The molecule has 2 rings (SSSR count). The third-order valence-corrected chi connectivity index (χ3v) is 3.11. The third kappa shape index (κ3) is 3.77. The molecule has 114 valence electrons. The van der Waals surface area contributed by atoms with Crippen molar-refractivity contribution >= 4 is 17.7 Å². The van der Waals surface area contributed by atoms with Gasteiger partial charge in [0.2, 0.25) is 0 Å². The summed E-state index contributed by atoms with van der Waals surface area (Å²) < 4.78 is 10.8. The van der Waals surface area contributed by atoms with Crippen LogP contribution in [0.15, 0.2) is 18.2 Å². The monoisotopic (exact) mass is 294 g/mol. The molecule has 7 nitrogen and oxygen atoms in total. The van der Waals surface area contributed by atoms with Crippen molar-refractivity contribution in [3.05, 3.63) is 18.2 Å². The largest absolute Gasteiger partial charge is 0.486 e. The molecule has 0 saturated carbocycles. The van der Waals surface area contributed by atoms with E-state index in [0.717, 1.165) is 0 Å². The van der Waals surface area contributed by atoms with Gasteiger partial charge in [0.1, 0.15) is 13.2 Å². The quantitative estimate of drug-likeness (QED) is 0.881. The molecule has 0 saturated heterocycles. The number of carboxylic acids is 1. The van der Waals surface area contributed by atoms with Crippen LogP contribution in [0.4, 0.5) is 10.5 Å². The van der Waals surface area contributed by atoms with Gasteiger partial charge in [-0.3, -0.25) is 4.79 Å². The second-order valence-corrected chi connectivity index (χ2v) is 4.91. The SMILES string of the molecule is CC(CN(C)C(=O)Nc1ccc2c(c1)OCCO2)C(=O)O. The van der Waals surface area contributed by atoms with Crippen molar-refractivity contribution in [1.29, 1.82) is 0 Å². The van der Waals surface area contributed by atoms with E-state index in [1.807, 2.05) is 0 Å². The Morgan fingerprint density at radius 1 is 1.33 bits per heavy atom. The molecule has 1 aromatic carbocycles. The maximum absolute atomic E-state index is 12.0. The van der Waals surface area contributed by atoms with Crippen molar-refractivity contribution in [2.75, 3.05) is 32.1 Å². The Morgan fingerprint density at radius 2 is 2.00 bits per heavy atom. The Balaban J connectivity index is 1.97. The van der Waals surface area contributed by atoms with Crippen LogP contribution in [0.1, 0.15) is 6.92 Å². The lowest BCUT2D eigenvalue weighted by atomic mass is 10.2. The summed E-state index contributed by atoms with van der Waals surface area (Å²) in [6, 6.07) is 4.74. The highest BCUT2D eigenvalue weighted by molar-refractivity contribution is 5.89. The molecule has 0 aliphatic carbocycles. The maximum atomic E-state index is 12.0. The Kier molecular flexibility index (Phi) is 4.52. The van der Waals surface area contributed by atoms with E-state index in [0.29, 0.717) is 30.4 Å². The number of rotatable bonds is 4. The predicted molar refractivity (Wildman–Crippen MR) is 75.9 cm³/mol. The molecule has 21 heavy (non-hydrogen) atoms. The highest BCUT2D eigenvalue weighted by Crippen LogP contribution is 2.32. The molecule has 0 aromatic heterocycles. The molecule has 0 spiro atoms. The summed E-state index contributed by atoms with van der Waals surface area (Å²) in [6.07, 6.45) is 0. The van der Waals surface area contributed by atoms with Crippen LogP contribution in [0, 0.1) is 5.92 Å². The minimum Gasteiger partial charge on any atom is -0.486 e. The van der Waals surface area contributed by atoms with Gasteiger partial charge in [0.25, 0.3) is 0 Å². The van der Waals surface area contributed by atoms with E-state index >= 15 is 0 Å². The van der Waals surface area contributed by atoms with Crippen molar-refractivity contribution in [3.63, 3.8) is 0 Å². The fourth-order valence-electron chi connectivity index (χ4n) is 1.91. The number of amides is 2. The summed E-state index contributed by atoms with van der Waals surface area (Å²) in [7, 11) is 1.55. The van der Waals surface area contributed by atoms with Crippen molar-refractivity contribution in [3.8, 4) is 11.5 Å². The number of nitrogens with one attached hydrogen (secondary N) is 1. The van der Waals surface area contributed by atoms with Gasteiger partial charge in [-0.2, -0.15) is 0 Å². The first-order chi connectivity index (χ1) is 9.97. The zero-order valence-corrected chi connectivity index (χ0v) is 12.0. The third-order valence-electron chi connectivity index (χ3n) is 3.11. The number of anilines is 1. The zero-order valence-electron chi connectivity index (χ0n) is 12.0. The fourth-order valence-corrected chi connectivity index (χ4v) is 1.91. The first kappa shape index (κ1) is 15.0. The highest BCUT2D eigenvalue weighted by Gasteiger charge is 2.18. The number of hydrogen-bond donors (Lipinski definition) is 2. The van der Waals surface area contributed by atoms with E-state index in [2.05, 4.69) is 5.32 Å². The number of carbonyl (C=O) groups excluding carboxylic acids is 1. The van der Waals surface area contributed by atoms with Gasteiger partial charge in [-0.15, -0.1) is 0 Å². The minimum absolute atomic E-state index is 0.131. The minimum atomic E-state index is -0.936. The van der Waals surface area contributed by atoms with Crippen LogP contribution in [-0.2, 0) is 4.79 Å². The number of nitrogens with zero attached hydrogens (tertiary/aromatic N) is 1. The number of carbonyl (C=O) groups is 2. The van der Waals surface area contributed by atoms with Crippen molar-refractivity contribution in [1.82, 2.24) is 4.90 Å². The molecule has 2 N–H and O–H groups in total. The summed E-state index contributed by atoms with van der Waals surface area (Å²) in [5, 5.41) is 11.5.